The van der Waals surface area contributed by atoms with Crippen LogP contribution in [0.4, 0.5) is 0 Å². The van der Waals surface area contributed by atoms with Crippen molar-refractivity contribution in [3.8, 4) is 0 Å². The van der Waals surface area contributed by atoms with Gasteiger partial charge < -0.3 is 9.84 Å². The Kier molecular flexibility index (Phi) is 2.51. The molecule has 0 radical (unpaired) electrons. The highest BCUT2D eigenvalue weighted by molar-refractivity contribution is 14.1. The molecule has 1 atom stereocenters. The highest BCUT2D eigenvalue weighted by atomic mass is 127. The van der Waals surface area contributed by atoms with Gasteiger partial charge in [-0.1, -0.05) is 0 Å². The van der Waals surface area contributed by atoms with E-state index in [1.807, 2.05) is 22.6 Å². The van der Waals surface area contributed by atoms with E-state index in [2.05, 4.69) is 0 Å². The van der Waals surface area contributed by atoms with E-state index in [1.165, 1.54) is 0 Å². The van der Waals surface area contributed by atoms with Crippen LogP contribution in [0.25, 0.3) is 0 Å². The fraction of sp³-hybridized carbons (Fsp3) is 0.833. The van der Waals surface area contributed by atoms with Crippen LogP contribution in [-0.2, 0) is 9.53 Å². The fourth-order valence-electron chi connectivity index (χ4n) is 0.929. The van der Waals surface area contributed by atoms with Gasteiger partial charge in [0.1, 0.15) is 0 Å². The first kappa shape index (κ1) is 8.26. The summed E-state index contributed by atoms with van der Waals surface area (Å²) >= 11 is 1.86. The SMILES string of the molecule is O=C(O)C1(I)CCCCO1. The minimum atomic E-state index is -0.935. The quantitative estimate of drug-likeness (QED) is 0.569. The predicted molar refractivity (Wildman–Crippen MR) is 44.2 cm³/mol. The highest BCUT2D eigenvalue weighted by Crippen LogP contribution is 2.31. The summed E-state index contributed by atoms with van der Waals surface area (Å²) in [5, 5.41) is 8.66. The van der Waals surface area contributed by atoms with Crippen LogP contribution < -0.4 is 0 Å². The summed E-state index contributed by atoms with van der Waals surface area (Å²) in [5.41, 5.74) is 0. The van der Waals surface area contributed by atoms with Crippen LogP contribution in [-0.4, -0.2) is 21.3 Å². The lowest BCUT2D eigenvalue weighted by Gasteiger charge is -2.27. The van der Waals surface area contributed by atoms with Crippen molar-refractivity contribution in [1.82, 2.24) is 0 Å². The molecule has 0 amide bonds. The molecule has 0 aromatic carbocycles. The average Bonchev–Trinajstić information content (AvgIpc) is 1.89. The zero-order chi connectivity index (χ0) is 7.61. The molecular weight excluding hydrogens is 247 g/mol. The summed E-state index contributed by atoms with van der Waals surface area (Å²) in [6.45, 7) is 0.579. The summed E-state index contributed by atoms with van der Waals surface area (Å²) in [6.07, 6.45) is 2.57. The third-order valence-electron chi connectivity index (χ3n) is 1.54. The summed E-state index contributed by atoms with van der Waals surface area (Å²) < 4.78 is 4.18. The smallest absolute Gasteiger partial charge is 0.346 e. The van der Waals surface area contributed by atoms with E-state index in [0.29, 0.717) is 13.0 Å². The van der Waals surface area contributed by atoms with Crippen LogP contribution >= 0.6 is 22.6 Å². The van der Waals surface area contributed by atoms with E-state index >= 15 is 0 Å². The van der Waals surface area contributed by atoms with Crippen molar-refractivity contribution in [2.75, 3.05) is 6.61 Å². The maximum atomic E-state index is 10.5. The van der Waals surface area contributed by atoms with Gasteiger partial charge >= 0.3 is 5.97 Å². The van der Waals surface area contributed by atoms with E-state index in [9.17, 15) is 4.79 Å². The molecule has 1 unspecified atom stereocenters. The van der Waals surface area contributed by atoms with Crippen LogP contribution in [0, 0.1) is 0 Å². The van der Waals surface area contributed by atoms with E-state index in [1.54, 1.807) is 0 Å². The van der Waals surface area contributed by atoms with Crippen molar-refractivity contribution in [3.05, 3.63) is 0 Å². The Balaban J connectivity index is 2.56. The molecule has 58 valence electrons. The monoisotopic (exact) mass is 256 g/mol. The van der Waals surface area contributed by atoms with Gasteiger partial charge in [0.25, 0.3) is 0 Å². The molecule has 1 heterocycles. The van der Waals surface area contributed by atoms with E-state index in [4.69, 9.17) is 9.84 Å². The second-order valence-electron chi connectivity index (χ2n) is 2.34. The van der Waals surface area contributed by atoms with Gasteiger partial charge in [-0.25, -0.2) is 4.79 Å². The topological polar surface area (TPSA) is 46.5 Å². The molecule has 1 N–H and O–H groups in total. The van der Waals surface area contributed by atoms with Gasteiger partial charge in [-0.05, 0) is 41.9 Å². The van der Waals surface area contributed by atoms with Crippen LogP contribution in [0.2, 0.25) is 0 Å². The Labute approximate surface area is 72.9 Å². The predicted octanol–water partition coefficient (Wildman–Crippen LogP) is 1.40. The van der Waals surface area contributed by atoms with Crippen molar-refractivity contribution in [1.29, 1.82) is 0 Å². The number of carboxylic acid groups (broad SMARTS) is 1. The first-order valence-electron chi connectivity index (χ1n) is 3.21. The third kappa shape index (κ3) is 1.60. The van der Waals surface area contributed by atoms with Crippen LogP contribution in [0.15, 0.2) is 0 Å². The molecule has 0 saturated carbocycles. The average molecular weight is 256 g/mol. The number of carboxylic acids is 1. The molecule has 1 rings (SSSR count). The molecule has 3 nitrogen and oxygen atoms in total. The second kappa shape index (κ2) is 3.04. The zero-order valence-corrected chi connectivity index (χ0v) is 7.63. The number of hydrogen-bond donors (Lipinski definition) is 1. The number of ether oxygens (including phenoxy) is 1. The summed E-state index contributed by atoms with van der Waals surface area (Å²) in [7, 11) is 0. The Bertz CT molecular complexity index is 140. The lowest BCUT2D eigenvalue weighted by molar-refractivity contribution is -0.155. The Morgan fingerprint density at radius 3 is 2.60 bits per heavy atom. The molecular formula is C6H9IO3. The summed E-state index contributed by atoms with van der Waals surface area (Å²) in [6, 6.07) is 0. The molecule has 0 aliphatic carbocycles. The standard InChI is InChI=1S/C6H9IO3/c7-6(5(8)9)3-1-2-4-10-6/h1-4H2,(H,8,9). The van der Waals surface area contributed by atoms with Crippen molar-refractivity contribution in [2.24, 2.45) is 0 Å². The molecule has 0 bridgehead atoms. The fourth-order valence-corrected chi connectivity index (χ4v) is 1.53. The zero-order valence-electron chi connectivity index (χ0n) is 5.47. The van der Waals surface area contributed by atoms with Gasteiger partial charge in [0.2, 0.25) is 3.61 Å². The van der Waals surface area contributed by atoms with Gasteiger partial charge in [-0.2, -0.15) is 0 Å². The minimum absolute atomic E-state index is 0.579. The lowest BCUT2D eigenvalue weighted by Crippen LogP contribution is -2.37. The van der Waals surface area contributed by atoms with E-state index < -0.39 is 9.58 Å². The lowest BCUT2D eigenvalue weighted by atomic mass is 10.1. The second-order valence-corrected chi connectivity index (χ2v) is 4.08. The molecule has 1 saturated heterocycles. The summed E-state index contributed by atoms with van der Waals surface area (Å²) in [5.74, 6) is -0.854. The van der Waals surface area contributed by atoms with Crippen molar-refractivity contribution in [3.63, 3.8) is 0 Å². The molecule has 1 aliphatic heterocycles. The van der Waals surface area contributed by atoms with Crippen molar-refractivity contribution >= 4 is 28.6 Å². The summed E-state index contributed by atoms with van der Waals surface area (Å²) in [4.78, 5) is 10.5. The number of rotatable bonds is 1. The van der Waals surface area contributed by atoms with Gasteiger partial charge in [-0.3, -0.25) is 0 Å². The Morgan fingerprint density at radius 2 is 2.30 bits per heavy atom. The maximum Gasteiger partial charge on any atom is 0.346 e. The Hall–Kier alpha value is 0.160. The molecule has 10 heavy (non-hydrogen) atoms. The normalized spacial score (nSPS) is 33.7. The van der Waals surface area contributed by atoms with E-state index in [-0.39, 0.29) is 0 Å². The van der Waals surface area contributed by atoms with Crippen LogP contribution in [0.3, 0.4) is 0 Å². The van der Waals surface area contributed by atoms with Gasteiger partial charge in [0.15, 0.2) is 0 Å². The van der Waals surface area contributed by atoms with Crippen LogP contribution in [0.1, 0.15) is 19.3 Å². The van der Waals surface area contributed by atoms with E-state index in [0.717, 1.165) is 12.8 Å². The largest absolute Gasteiger partial charge is 0.479 e. The Morgan fingerprint density at radius 1 is 1.60 bits per heavy atom. The first-order chi connectivity index (χ1) is 4.65. The number of aliphatic carboxylic acids is 1. The molecule has 1 aliphatic rings. The first-order valence-corrected chi connectivity index (χ1v) is 4.29. The van der Waals surface area contributed by atoms with Gasteiger partial charge in [0, 0.05) is 6.61 Å². The molecule has 4 heteroatoms. The number of carbonyl (C=O) groups is 1. The van der Waals surface area contributed by atoms with Crippen molar-refractivity contribution < 1.29 is 14.6 Å². The highest BCUT2D eigenvalue weighted by Gasteiger charge is 2.37. The maximum absolute atomic E-state index is 10.5. The van der Waals surface area contributed by atoms with Gasteiger partial charge in [-0.15, -0.1) is 0 Å². The van der Waals surface area contributed by atoms with Crippen LogP contribution in [0.5, 0.6) is 0 Å². The molecule has 0 aromatic heterocycles. The number of alkyl halides is 1. The number of halogens is 1. The third-order valence-corrected chi connectivity index (χ3v) is 2.86. The van der Waals surface area contributed by atoms with Gasteiger partial charge in [0.05, 0.1) is 0 Å². The minimum Gasteiger partial charge on any atom is -0.479 e. The molecule has 1 fully saturated rings. The molecule has 0 aromatic rings. The number of hydrogen-bond acceptors (Lipinski definition) is 2. The molecule has 0 spiro atoms. The van der Waals surface area contributed by atoms with Crippen molar-refractivity contribution in [2.45, 2.75) is 22.9 Å².